The van der Waals surface area contributed by atoms with Crippen molar-refractivity contribution in [3.63, 3.8) is 0 Å². The van der Waals surface area contributed by atoms with Crippen molar-refractivity contribution in [1.82, 2.24) is 0 Å². The SMILES string of the molecule is CCOc1cc(Cl)ccc1C(=O)Nc1cccc([N+](=O)[O-])c1. The molecule has 1 amide bonds. The van der Waals surface area contributed by atoms with E-state index in [4.69, 9.17) is 16.3 Å². The second-order valence-corrected chi connectivity index (χ2v) is 4.77. The molecule has 0 atom stereocenters. The lowest BCUT2D eigenvalue weighted by molar-refractivity contribution is -0.384. The van der Waals surface area contributed by atoms with Crippen LogP contribution in [0.4, 0.5) is 11.4 Å². The minimum atomic E-state index is -0.524. The van der Waals surface area contributed by atoms with E-state index in [1.54, 1.807) is 31.2 Å². The smallest absolute Gasteiger partial charge is 0.271 e. The predicted octanol–water partition coefficient (Wildman–Crippen LogP) is 3.90. The first-order valence-corrected chi connectivity index (χ1v) is 6.87. The lowest BCUT2D eigenvalue weighted by atomic mass is 10.1. The van der Waals surface area contributed by atoms with E-state index >= 15 is 0 Å². The summed E-state index contributed by atoms with van der Waals surface area (Å²) < 4.78 is 5.39. The maximum atomic E-state index is 12.3. The third kappa shape index (κ3) is 3.73. The number of nitrogens with zero attached hydrogens (tertiary/aromatic N) is 1. The molecular weight excluding hydrogens is 308 g/mol. The van der Waals surface area contributed by atoms with Gasteiger partial charge in [-0.3, -0.25) is 14.9 Å². The average Bonchev–Trinajstić information content (AvgIpc) is 2.48. The molecule has 2 aromatic carbocycles. The lowest BCUT2D eigenvalue weighted by Gasteiger charge is -2.11. The van der Waals surface area contributed by atoms with E-state index in [0.717, 1.165) is 0 Å². The second kappa shape index (κ2) is 6.91. The molecule has 2 aromatic rings. The molecule has 0 fully saturated rings. The van der Waals surface area contributed by atoms with E-state index in [9.17, 15) is 14.9 Å². The van der Waals surface area contributed by atoms with Crippen molar-refractivity contribution in [3.05, 3.63) is 63.2 Å². The highest BCUT2D eigenvalue weighted by Gasteiger charge is 2.14. The Morgan fingerprint density at radius 1 is 1.32 bits per heavy atom. The summed E-state index contributed by atoms with van der Waals surface area (Å²) in [5.74, 6) is -0.0708. The van der Waals surface area contributed by atoms with Gasteiger partial charge in [-0.25, -0.2) is 0 Å². The fourth-order valence-electron chi connectivity index (χ4n) is 1.85. The molecule has 22 heavy (non-hydrogen) atoms. The molecule has 0 radical (unpaired) electrons. The van der Waals surface area contributed by atoms with Crippen molar-refractivity contribution in [2.45, 2.75) is 6.92 Å². The summed E-state index contributed by atoms with van der Waals surface area (Å²) in [6, 6.07) is 10.4. The molecule has 7 heteroatoms. The van der Waals surface area contributed by atoms with E-state index in [2.05, 4.69) is 5.32 Å². The van der Waals surface area contributed by atoms with Crippen LogP contribution in [0.3, 0.4) is 0 Å². The van der Waals surface area contributed by atoms with Crippen LogP contribution in [-0.2, 0) is 0 Å². The Morgan fingerprint density at radius 3 is 2.77 bits per heavy atom. The highest BCUT2D eigenvalue weighted by molar-refractivity contribution is 6.31. The van der Waals surface area contributed by atoms with E-state index < -0.39 is 10.8 Å². The van der Waals surface area contributed by atoms with Crippen LogP contribution < -0.4 is 10.1 Å². The zero-order valence-corrected chi connectivity index (χ0v) is 12.5. The molecule has 2 rings (SSSR count). The number of non-ortho nitro benzene ring substituents is 1. The Morgan fingerprint density at radius 2 is 2.09 bits per heavy atom. The molecular formula is C15H13ClN2O4. The fraction of sp³-hybridized carbons (Fsp3) is 0.133. The summed E-state index contributed by atoms with van der Waals surface area (Å²) in [5, 5.41) is 13.8. The molecule has 0 spiro atoms. The Hall–Kier alpha value is -2.60. The van der Waals surface area contributed by atoms with Gasteiger partial charge in [-0.15, -0.1) is 0 Å². The number of hydrogen-bond acceptors (Lipinski definition) is 4. The Kier molecular flexibility index (Phi) is 4.95. The molecule has 1 N–H and O–H groups in total. The summed E-state index contributed by atoms with van der Waals surface area (Å²) in [4.78, 5) is 22.5. The van der Waals surface area contributed by atoms with Gasteiger partial charge in [-0.1, -0.05) is 17.7 Å². The molecule has 114 valence electrons. The molecule has 0 aliphatic heterocycles. The largest absolute Gasteiger partial charge is 0.493 e. The summed E-state index contributed by atoms with van der Waals surface area (Å²) in [6.07, 6.45) is 0. The number of benzene rings is 2. The number of carbonyl (C=O) groups is 1. The number of nitrogens with one attached hydrogen (secondary N) is 1. The van der Waals surface area contributed by atoms with Crippen molar-refractivity contribution in [1.29, 1.82) is 0 Å². The van der Waals surface area contributed by atoms with Gasteiger partial charge in [0.25, 0.3) is 11.6 Å². The minimum absolute atomic E-state index is 0.0982. The number of nitro benzene ring substituents is 1. The Balaban J connectivity index is 2.26. The van der Waals surface area contributed by atoms with Gasteiger partial charge in [0.05, 0.1) is 17.1 Å². The van der Waals surface area contributed by atoms with Gasteiger partial charge in [-0.2, -0.15) is 0 Å². The first-order valence-electron chi connectivity index (χ1n) is 6.49. The fourth-order valence-corrected chi connectivity index (χ4v) is 2.02. The van der Waals surface area contributed by atoms with Gasteiger partial charge < -0.3 is 10.1 Å². The average molecular weight is 321 g/mol. The van der Waals surface area contributed by atoms with Gasteiger partial charge in [-0.05, 0) is 31.2 Å². The van der Waals surface area contributed by atoms with Crippen LogP contribution in [-0.4, -0.2) is 17.4 Å². The van der Waals surface area contributed by atoms with Crippen LogP contribution in [0.15, 0.2) is 42.5 Å². The van der Waals surface area contributed by atoms with E-state index in [1.807, 2.05) is 0 Å². The molecule has 6 nitrogen and oxygen atoms in total. The number of halogens is 1. The lowest BCUT2D eigenvalue weighted by Crippen LogP contribution is -2.13. The molecule has 0 aliphatic carbocycles. The monoisotopic (exact) mass is 320 g/mol. The van der Waals surface area contributed by atoms with Crippen LogP contribution in [0, 0.1) is 10.1 Å². The van der Waals surface area contributed by atoms with E-state index in [0.29, 0.717) is 28.6 Å². The van der Waals surface area contributed by atoms with Gasteiger partial charge in [0.15, 0.2) is 0 Å². The highest BCUT2D eigenvalue weighted by Crippen LogP contribution is 2.25. The Bertz CT molecular complexity index is 718. The summed E-state index contributed by atoms with van der Waals surface area (Å²) in [5.41, 5.74) is 0.535. The zero-order valence-electron chi connectivity index (χ0n) is 11.7. The number of ether oxygens (including phenoxy) is 1. The number of rotatable bonds is 5. The Labute approximate surface area is 131 Å². The van der Waals surface area contributed by atoms with Gasteiger partial charge in [0.1, 0.15) is 5.75 Å². The molecule has 0 bridgehead atoms. The number of carbonyl (C=O) groups excluding carboxylic acids is 1. The van der Waals surface area contributed by atoms with Crippen molar-refractivity contribution >= 4 is 28.9 Å². The van der Waals surface area contributed by atoms with Crippen molar-refractivity contribution in [3.8, 4) is 5.75 Å². The maximum absolute atomic E-state index is 12.3. The van der Waals surface area contributed by atoms with Crippen LogP contribution in [0.1, 0.15) is 17.3 Å². The van der Waals surface area contributed by atoms with Gasteiger partial charge >= 0.3 is 0 Å². The topological polar surface area (TPSA) is 81.5 Å². The number of hydrogen-bond donors (Lipinski definition) is 1. The van der Waals surface area contributed by atoms with Gasteiger partial charge in [0.2, 0.25) is 0 Å². The van der Waals surface area contributed by atoms with Crippen molar-refractivity contribution in [2.75, 3.05) is 11.9 Å². The number of amides is 1. The van der Waals surface area contributed by atoms with Crippen LogP contribution >= 0.6 is 11.6 Å². The summed E-state index contributed by atoms with van der Waals surface area (Å²) in [7, 11) is 0. The first-order chi connectivity index (χ1) is 10.5. The van der Waals surface area contributed by atoms with Crippen molar-refractivity contribution < 1.29 is 14.5 Å². The minimum Gasteiger partial charge on any atom is -0.493 e. The van der Waals surface area contributed by atoms with E-state index in [1.165, 1.54) is 18.2 Å². The molecule has 0 unspecified atom stereocenters. The molecule has 0 saturated heterocycles. The molecule has 0 saturated carbocycles. The summed E-state index contributed by atoms with van der Waals surface area (Å²) in [6.45, 7) is 2.18. The van der Waals surface area contributed by atoms with Gasteiger partial charge in [0, 0.05) is 22.8 Å². The molecule has 0 aliphatic rings. The van der Waals surface area contributed by atoms with Crippen molar-refractivity contribution in [2.24, 2.45) is 0 Å². The van der Waals surface area contributed by atoms with E-state index in [-0.39, 0.29) is 5.69 Å². The molecule has 0 aromatic heterocycles. The van der Waals surface area contributed by atoms with Crippen LogP contribution in [0.5, 0.6) is 5.75 Å². The number of anilines is 1. The third-order valence-corrected chi connectivity index (χ3v) is 3.04. The standard InChI is InChI=1S/C15H13ClN2O4/c1-2-22-14-8-10(16)6-7-13(14)15(19)17-11-4-3-5-12(9-11)18(20)21/h3-9H,2H2,1H3,(H,17,19). The predicted molar refractivity (Wildman–Crippen MR) is 83.7 cm³/mol. The van der Waals surface area contributed by atoms with Crippen LogP contribution in [0.2, 0.25) is 5.02 Å². The first kappa shape index (κ1) is 15.8. The number of nitro groups is 1. The maximum Gasteiger partial charge on any atom is 0.271 e. The summed E-state index contributed by atoms with van der Waals surface area (Å²) >= 11 is 5.89. The highest BCUT2D eigenvalue weighted by atomic mass is 35.5. The quantitative estimate of drug-likeness (QED) is 0.669. The zero-order chi connectivity index (χ0) is 16.1. The normalized spacial score (nSPS) is 10.1. The molecule has 0 heterocycles. The third-order valence-electron chi connectivity index (χ3n) is 2.80. The second-order valence-electron chi connectivity index (χ2n) is 4.34. The van der Waals surface area contributed by atoms with Crippen LogP contribution in [0.25, 0.3) is 0 Å².